The van der Waals surface area contributed by atoms with Gasteiger partial charge in [0.2, 0.25) is 0 Å². The predicted octanol–water partition coefficient (Wildman–Crippen LogP) is -1.51. The van der Waals surface area contributed by atoms with E-state index in [1.807, 2.05) is 0 Å². The zero-order chi connectivity index (χ0) is 4.28. The normalized spacial score (nSPS) is 9.60. The van der Waals surface area contributed by atoms with E-state index in [4.69, 9.17) is 15.0 Å². The van der Waals surface area contributed by atoms with Crippen LogP contribution in [-0.2, 0) is 4.67 Å². The zero-order valence-electron chi connectivity index (χ0n) is 2.16. The van der Waals surface area contributed by atoms with Crippen LogP contribution in [0.4, 0.5) is 0 Å². The fourth-order valence-electron chi connectivity index (χ4n) is 0. The van der Waals surface area contributed by atoms with Crippen molar-refractivity contribution in [1.29, 1.82) is 0 Å². The molecule has 0 radical (unpaired) electrons. The molecule has 0 bridgehead atoms. The van der Waals surface area contributed by atoms with Crippen LogP contribution in [0.5, 0.6) is 0 Å². The first kappa shape index (κ1) is 5.27. The summed E-state index contributed by atoms with van der Waals surface area (Å²) in [6, 6.07) is 0. The van der Waals surface area contributed by atoms with Crippen LogP contribution in [-0.4, -0.2) is 9.79 Å². The van der Waals surface area contributed by atoms with Crippen LogP contribution < -0.4 is 5.26 Å². The molecular formula is H2O4P-. The molecule has 0 saturated heterocycles. The minimum absolute atomic E-state index is 2.65. The summed E-state index contributed by atoms with van der Waals surface area (Å²) in [5.41, 5.74) is 0. The standard InChI is InChI=1S/H3O4P/c1-4-5(2)3/h1-3H/p-1. The summed E-state index contributed by atoms with van der Waals surface area (Å²) in [6.45, 7) is 0. The molecular weight excluding hydrogens is 95.0 g/mol. The van der Waals surface area contributed by atoms with Crippen LogP contribution in [0, 0.1) is 0 Å². The van der Waals surface area contributed by atoms with Gasteiger partial charge in [-0.05, 0) is 0 Å². The molecule has 0 aliphatic rings. The summed E-state index contributed by atoms with van der Waals surface area (Å²) >= 11 is 0. The van der Waals surface area contributed by atoms with Gasteiger partial charge in [-0.25, -0.2) is 0 Å². The van der Waals surface area contributed by atoms with Gasteiger partial charge < -0.3 is 19.7 Å². The van der Waals surface area contributed by atoms with E-state index in [2.05, 4.69) is 4.67 Å². The highest BCUT2D eigenvalue weighted by molar-refractivity contribution is 7.39. The molecule has 5 heavy (non-hydrogen) atoms. The highest BCUT2D eigenvalue weighted by Gasteiger charge is 1.81. The summed E-state index contributed by atoms with van der Waals surface area (Å²) in [5.74, 6) is 0. The molecule has 0 spiro atoms. The molecule has 2 N–H and O–H groups in total. The van der Waals surface area contributed by atoms with Gasteiger partial charge in [-0.3, -0.25) is 0 Å². The van der Waals surface area contributed by atoms with E-state index in [0.717, 1.165) is 0 Å². The number of rotatable bonds is 1. The molecule has 0 amide bonds. The Kier molecular flexibility index (Phi) is 2.64. The molecule has 0 aliphatic heterocycles. The van der Waals surface area contributed by atoms with Crippen LogP contribution in [0.2, 0.25) is 0 Å². The molecule has 32 valence electrons. The van der Waals surface area contributed by atoms with Gasteiger partial charge in [0.05, 0.1) is 0 Å². The Hall–Kier alpha value is 0.270. The maximum Gasteiger partial charge on any atom is 0.317 e. The lowest BCUT2D eigenvalue weighted by Crippen LogP contribution is -1.97. The topological polar surface area (TPSA) is 72.8 Å². The third-order valence-electron chi connectivity index (χ3n) is 0.0667. The van der Waals surface area contributed by atoms with Crippen molar-refractivity contribution in [3.05, 3.63) is 0 Å². The first-order valence-electron chi connectivity index (χ1n) is 0.749. The average molecular weight is 97.0 g/mol. The minimum Gasteiger partial charge on any atom is -0.716 e. The van der Waals surface area contributed by atoms with Gasteiger partial charge in [-0.2, -0.15) is 0 Å². The Labute approximate surface area is 29.6 Å². The van der Waals surface area contributed by atoms with Crippen LogP contribution in [0.1, 0.15) is 0 Å². The molecule has 0 aliphatic carbocycles. The SMILES string of the molecule is [O-]OP(O)O. The quantitative estimate of drug-likeness (QED) is 0.237. The second-order valence-electron chi connectivity index (χ2n) is 0.327. The summed E-state index contributed by atoms with van der Waals surface area (Å²) in [6.07, 6.45) is 0. The van der Waals surface area contributed by atoms with Crippen LogP contribution in [0.25, 0.3) is 0 Å². The van der Waals surface area contributed by atoms with Crippen LogP contribution >= 0.6 is 8.60 Å². The van der Waals surface area contributed by atoms with E-state index in [0.29, 0.717) is 0 Å². The van der Waals surface area contributed by atoms with Gasteiger partial charge in [0, 0.05) is 0 Å². The zero-order valence-corrected chi connectivity index (χ0v) is 3.05. The maximum absolute atomic E-state index is 8.66. The van der Waals surface area contributed by atoms with E-state index in [-0.39, 0.29) is 0 Å². The summed E-state index contributed by atoms with van der Waals surface area (Å²) in [7, 11) is -2.65. The number of hydrogen-bond donors (Lipinski definition) is 2. The lowest BCUT2D eigenvalue weighted by molar-refractivity contribution is -0.640. The van der Waals surface area contributed by atoms with E-state index < -0.39 is 8.60 Å². The van der Waals surface area contributed by atoms with Gasteiger partial charge in [0.1, 0.15) is 0 Å². The fraction of sp³-hybridized carbons (Fsp3) is 0. The predicted molar refractivity (Wildman–Crippen MR) is 12.4 cm³/mol. The van der Waals surface area contributed by atoms with E-state index >= 15 is 0 Å². The molecule has 0 rings (SSSR count). The molecule has 4 nitrogen and oxygen atoms in total. The molecule has 0 heterocycles. The largest absolute Gasteiger partial charge is 0.716 e. The smallest absolute Gasteiger partial charge is 0.317 e. The van der Waals surface area contributed by atoms with Crippen molar-refractivity contribution in [2.45, 2.75) is 0 Å². The second kappa shape index (κ2) is 2.50. The Morgan fingerprint density at radius 1 is 1.60 bits per heavy atom. The third-order valence-corrected chi connectivity index (χ3v) is 0.200. The van der Waals surface area contributed by atoms with Crippen molar-refractivity contribution in [1.82, 2.24) is 0 Å². The minimum atomic E-state index is -2.65. The Bertz CT molecular complexity index is 17.6. The van der Waals surface area contributed by atoms with Gasteiger partial charge >= 0.3 is 8.60 Å². The highest BCUT2D eigenvalue weighted by atomic mass is 31.2. The van der Waals surface area contributed by atoms with Gasteiger partial charge in [-0.15, -0.1) is 0 Å². The van der Waals surface area contributed by atoms with E-state index in [9.17, 15) is 0 Å². The van der Waals surface area contributed by atoms with Gasteiger partial charge in [0.15, 0.2) is 0 Å². The van der Waals surface area contributed by atoms with Crippen molar-refractivity contribution < 1.29 is 19.7 Å². The molecule has 0 aromatic heterocycles. The summed E-state index contributed by atoms with van der Waals surface area (Å²) < 4.78 is 2.68. The molecule has 0 fully saturated rings. The van der Waals surface area contributed by atoms with Crippen molar-refractivity contribution in [2.75, 3.05) is 0 Å². The lowest BCUT2D eigenvalue weighted by atomic mass is 15.0. The van der Waals surface area contributed by atoms with E-state index in [1.54, 1.807) is 0 Å². The van der Waals surface area contributed by atoms with Crippen LogP contribution in [0.3, 0.4) is 0 Å². The number of hydrogen-bond acceptors (Lipinski definition) is 4. The van der Waals surface area contributed by atoms with Crippen molar-refractivity contribution in [3.8, 4) is 0 Å². The second-order valence-corrected chi connectivity index (χ2v) is 0.982. The molecule has 0 aromatic rings. The summed E-state index contributed by atoms with van der Waals surface area (Å²) in [5, 5.41) is 8.66. The lowest BCUT2D eigenvalue weighted by Gasteiger charge is -2.02. The first-order chi connectivity index (χ1) is 2.27. The Morgan fingerprint density at radius 2 is 1.80 bits per heavy atom. The van der Waals surface area contributed by atoms with Gasteiger partial charge in [-0.1, -0.05) is 0 Å². The highest BCUT2D eigenvalue weighted by Crippen LogP contribution is 2.18. The van der Waals surface area contributed by atoms with Crippen LogP contribution in [0.15, 0.2) is 0 Å². The fourth-order valence-corrected chi connectivity index (χ4v) is 0. The maximum atomic E-state index is 8.66. The van der Waals surface area contributed by atoms with Crippen molar-refractivity contribution >= 4 is 8.60 Å². The molecule has 0 aromatic carbocycles. The van der Waals surface area contributed by atoms with Crippen molar-refractivity contribution in [3.63, 3.8) is 0 Å². The average Bonchev–Trinajstić information content (AvgIpc) is 1.38. The molecule has 0 unspecified atom stereocenters. The Balaban J connectivity index is 2.54. The third kappa shape index (κ3) is 4.27. The monoisotopic (exact) mass is 97.0 g/mol. The van der Waals surface area contributed by atoms with Crippen molar-refractivity contribution in [2.24, 2.45) is 0 Å². The van der Waals surface area contributed by atoms with E-state index in [1.165, 1.54) is 0 Å². The molecule has 0 saturated carbocycles. The Morgan fingerprint density at radius 3 is 1.80 bits per heavy atom. The summed E-state index contributed by atoms with van der Waals surface area (Å²) in [4.78, 5) is 14.9. The first-order valence-corrected chi connectivity index (χ1v) is 1.91. The van der Waals surface area contributed by atoms with Gasteiger partial charge in [0.25, 0.3) is 0 Å². The molecule has 0 atom stereocenters. The molecule has 5 heteroatoms.